The van der Waals surface area contributed by atoms with Crippen molar-refractivity contribution in [1.82, 2.24) is 10.2 Å². The van der Waals surface area contributed by atoms with Crippen LogP contribution < -0.4 is 5.32 Å². The molecular formula is C13H24N2O3. The fourth-order valence-electron chi connectivity index (χ4n) is 2.30. The summed E-state index contributed by atoms with van der Waals surface area (Å²) in [6, 6.07) is -0.741. The van der Waals surface area contributed by atoms with E-state index in [1.807, 2.05) is 20.8 Å². The molecular weight excluding hydrogens is 232 g/mol. The van der Waals surface area contributed by atoms with E-state index in [0.29, 0.717) is 19.6 Å². The minimum absolute atomic E-state index is 0.0134. The molecule has 1 N–H and O–H groups in total. The molecule has 1 heterocycles. The molecule has 0 radical (unpaired) electrons. The van der Waals surface area contributed by atoms with Crippen LogP contribution in [0.1, 0.15) is 33.6 Å². The molecule has 1 aliphatic rings. The van der Waals surface area contributed by atoms with Gasteiger partial charge in [0.2, 0.25) is 11.8 Å². The van der Waals surface area contributed by atoms with Gasteiger partial charge in [0.25, 0.3) is 0 Å². The minimum Gasteiger partial charge on any atom is -0.383 e. The largest absolute Gasteiger partial charge is 0.383 e. The second kappa shape index (κ2) is 6.73. The maximum absolute atomic E-state index is 12.3. The SMILES string of the molecule is CCC1NC(=O)C(C(C)CC)N(CCOC)C1=O. The monoisotopic (exact) mass is 256 g/mol. The molecule has 0 spiro atoms. The number of carbonyl (C=O) groups excluding carboxylic acids is 2. The molecule has 2 amide bonds. The molecule has 1 fully saturated rings. The van der Waals surface area contributed by atoms with Gasteiger partial charge in [0.05, 0.1) is 6.61 Å². The van der Waals surface area contributed by atoms with Gasteiger partial charge in [-0.3, -0.25) is 9.59 Å². The van der Waals surface area contributed by atoms with Crippen molar-refractivity contribution in [2.45, 2.75) is 45.7 Å². The number of hydrogen-bond donors (Lipinski definition) is 1. The van der Waals surface area contributed by atoms with Crippen LogP contribution in [0, 0.1) is 5.92 Å². The summed E-state index contributed by atoms with van der Waals surface area (Å²) in [5, 5.41) is 2.82. The summed E-state index contributed by atoms with van der Waals surface area (Å²) in [5.74, 6) is 0.134. The Bertz CT molecular complexity index is 307. The van der Waals surface area contributed by atoms with Crippen LogP contribution in [0.15, 0.2) is 0 Å². The molecule has 0 aromatic carbocycles. The summed E-state index contributed by atoms with van der Waals surface area (Å²) in [5.41, 5.74) is 0. The number of methoxy groups -OCH3 is 1. The predicted octanol–water partition coefficient (Wildman–Crippen LogP) is 0.784. The Kier molecular flexibility index (Phi) is 5.59. The smallest absolute Gasteiger partial charge is 0.245 e. The molecule has 5 heteroatoms. The van der Waals surface area contributed by atoms with Crippen molar-refractivity contribution < 1.29 is 14.3 Å². The average molecular weight is 256 g/mol. The average Bonchev–Trinajstić information content (AvgIpc) is 2.38. The predicted molar refractivity (Wildman–Crippen MR) is 69.1 cm³/mol. The van der Waals surface area contributed by atoms with E-state index in [9.17, 15) is 9.59 Å². The van der Waals surface area contributed by atoms with E-state index < -0.39 is 0 Å². The van der Waals surface area contributed by atoms with Gasteiger partial charge in [-0.15, -0.1) is 0 Å². The molecule has 1 rings (SSSR count). The van der Waals surface area contributed by atoms with Crippen molar-refractivity contribution in [3.8, 4) is 0 Å². The molecule has 1 saturated heterocycles. The van der Waals surface area contributed by atoms with E-state index in [2.05, 4.69) is 5.32 Å². The van der Waals surface area contributed by atoms with Crippen molar-refractivity contribution in [2.75, 3.05) is 20.3 Å². The summed E-state index contributed by atoms with van der Waals surface area (Å²) in [6.07, 6.45) is 1.49. The second-order valence-electron chi connectivity index (χ2n) is 4.82. The Balaban J connectivity index is 2.90. The summed E-state index contributed by atoms with van der Waals surface area (Å²) >= 11 is 0. The number of amides is 2. The zero-order valence-electron chi connectivity index (χ0n) is 11.7. The molecule has 5 nitrogen and oxygen atoms in total. The number of rotatable bonds is 6. The molecule has 0 aliphatic carbocycles. The second-order valence-corrected chi connectivity index (χ2v) is 4.82. The van der Waals surface area contributed by atoms with Crippen LogP contribution in [0.4, 0.5) is 0 Å². The Morgan fingerprint density at radius 2 is 2.06 bits per heavy atom. The van der Waals surface area contributed by atoms with Gasteiger partial charge in [-0.05, 0) is 12.3 Å². The first-order valence-corrected chi connectivity index (χ1v) is 6.66. The molecule has 104 valence electrons. The highest BCUT2D eigenvalue weighted by Crippen LogP contribution is 2.20. The normalized spacial score (nSPS) is 26.1. The number of piperazine rings is 1. The summed E-state index contributed by atoms with van der Waals surface area (Å²) in [6.45, 7) is 6.88. The van der Waals surface area contributed by atoms with Crippen LogP contribution in [0.3, 0.4) is 0 Å². The Labute approximate surface area is 109 Å². The third kappa shape index (κ3) is 3.02. The van der Waals surface area contributed by atoms with Gasteiger partial charge in [0.1, 0.15) is 12.1 Å². The van der Waals surface area contributed by atoms with E-state index in [4.69, 9.17) is 4.74 Å². The van der Waals surface area contributed by atoms with Crippen LogP contribution in [0.5, 0.6) is 0 Å². The molecule has 18 heavy (non-hydrogen) atoms. The standard InChI is InChI=1S/C13H24N2O3/c1-5-9(3)11-12(16)14-10(6-2)13(17)15(11)7-8-18-4/h9-11H,5-8H2,1-4H3,(H,14,16). The van der Waals surface area contributed by atoms with Crippen molar-refractivity contribution in [2.24, 2.45) is 5.92 Å². The molecule has 0 bridgehead atoms. The van der Waals surface area contributed by atoms with Crippen molar-refractivity contribution in [1.29, 1.82) is 0 Å². The van der Waals surface area contributed by atoms with E-state index >= 15 is 0 Å². The van der Waals surface area contributed by atoms with Gasteiger partial charge >= 0.3 is 0 Å². The first kappa shape index (κ1) is 15.0. The highest BCUT2D eigenvalue weighted by molar-refractivity contribution is 5.97. The number of nitrogens with zero attached hydrogens (tertiary/aromatic N) is 1. The number of carbonyl (C=O) groups is 2. The lowest BCUT2D eigenvalue weighted by Crippen LogP contribution is -2.65. The van der Waals surface area contributed by atoms with E-state index in [1.54, 1.807) is 12.0 Å². The fraction of sp³-hybridized carbons (Fsp3) is 0.846. The lowest BCUT2D eigenvalue weighted by molar-refractivity contribution is -0.152. The van der Waals surface area contributed by atoms with Crippen molar-refractivity contribution in [3.63, 3.8) is 0 Å². The van der Waals surface area contributed by atoms with Crippen molar-refractivity contribution in [3.05, 3.63) is 0 Å². The van der Waals surface area contributed by atoms with Gasteiger partial charge in [-0.2, -0.15) is 0 Å². The third-order valence-electron chi connectivity index (χ3n) is 3.63. The van der Waals surface area contributed by atoms with E-state index in [1.165, 1.54) is 0 Å². The molecule has 1 aliphatic heterocycles. The molecule has 0 aromatic heterocycles. The quantitative estimate of drug-likeness (QED) is 0.764. The van der Waals surface area contributed by atoms with Crippen molar-refractivity contribution >= 4 is 11.8 Å². The Hall–Kier alpha value is -1.10. The highest BCUT2D eigenvalue weighted by Gasteiger charge is 2.41. The maximum atomic E-state index is 12.3. The van der Waals surface area contributed by atoms with Gasteiger partial charge < -0.3 is 15.0 Å². The van der Waals surface area contributed by atoms with Crippen LogP contribution in [-0.4, -0.2) is 49.1 Å². The van der Waals surface area contributed by atoms with Crippen LogP contribution in [0.25, 0.3) is 0 Å². The highest BCUT2D eigenvalue weighted by atomic mass is 16.5. The first-order chi connectivity index (χ1) is 8.56. The van der Waals surface area contributed by atoms with Gasteiger partial charge in [-0.1, -0.05) is 27.2 Å². The topological polar surface area (TPSA) is 58.6 Å². The lowest BCUT2D eigenvalue weighted by atomic mass is 9.93. The van der Waals surface area contributed by atoms with Gasteiger partial charge in [0.15, 0.2) is 0 Å². The number of hydrogen-bond acceptors (Lipinski definition) is 3. The van der Waals surface area contributed by atoms with E-state index in [0.717, 1.165) is 6.42 Å². The zero-order valence-corrected chi connectivity index (χ0v) is 11.7. The van der Waals surface area contributed by atoms with Crippen LogP contribution in [-0.2, 0) is 14.3 Å². The molecule has 0 aromatic rings. The Morgan fingerprint density at radius 1 is 1.39 bits per heavy atom. The van der Waals surface area contributed by atoms with Crippen LogP contribution >= 0.6 is 0 Å². The molecule has 3 unspecified atom stereocenters. The number of ether oxygens (including phenoxy) is 1. The Morgan fingerprint density at radius 3 is 2.56 bits per heavy atom. The molecule has 0 saturated carbocycles. The minimum atomic E-state index is -0.380. The number of nitrogens with one attached hydrogen (secondary N) is 1. The zero-order chi connectivity index (χ0) is 13.7. The summed E-state index contributed by atoms with van der Waals surface area (Å²) in [7, 11) is 1.60. The summed E-state index contributed by atoms with van der Waals surface area (Å²) in [4.78, 5) is 26.1. The molecule has 3 atom stereocenters. The lowest BCUT2D eigenvalue weighted by Gasteiger charge is -2.41. The maximum Gasteiger partial charge on any atom is 0.245 e. The van der Waals surface area contributed by atoms with Gasteiger partial charge in [-0.25, -0.2) is 0 Å². The summed E-state index contributed by atoms with van der Waals surface area (Å²) < 4.78 is 5.03. The fourth-order valence-corrected chi connectivity index (χ4v) is 2.30. The van der Waals surface area contributed by atoms with E-state index in [-0.39, 0.29) is 29.8 Å². The first-order valence-electron chi connectivity index (χ1n) is 6.66. The van der Waals surface area contributed by atoms with Crippen LogP contribution in [0.2, 0.25) is 0 Å². The third-order valence-corrected chi connectivity index (χ3v) is 3.63. The van der Waals surface area contributed by atoms with Gasteiger partial charge in [0, 0.05) is 13.7 Å².